The minimum absolute atomic E-state index is 0.0944. The quantitative estimate of drug-likeness (QED) is 0.669. The van der Waals surface area contributed by atoms with Crippen molar-refractivity contribution >= 4 is 15.5 Å². The maximum absolute atomic E-state index is 13.0. The van der Waals surface area contributed by atoms with E-state index in [9.17, 15) is 12.8 Å². The molecule has 1 aromatic carbocycles. The molecule has 1 heterocycles. The van der Waals surface area contributed by atoms with Crippen molar-refractivity contribution in [1.82, 2.24) is 14.8 Å². The molecule has 0 bridgehead atoms. The van der Waals surface area contributed by atoms with Crippen molar-refractivity contribution in [2.24, 2.45) is 5.92 Å². The topological polar surface area (TPSA) is 90.9 Å². The SMILES string of the molecule is CC(C)Cn1ncnc1CS(=O)(=O)c1ccc(F)cc1N. The molecule has 0 saturated heterocycles. The van der Waals surface area contributed by atoms with Crippen LogP contribution in [-0.4, -0.2) is 23.2 Å². The van der Waals surface area contributed by atoms with Gasteiger partial charge in [0.25, 0.3) is 0 Å². The third-order valence-corrected chi connectivity index (χ3v) is 4.54. The molecule has 0 atom stereocenters. The molecule has 2 aromatic rings. The summed E-state index contributed by atoms with van der Waals surface area (Å²) in [6.45, 7) is 4.57. The van der Waals surface area contributed by atoms with Crippen molar-refractivity contribution in [2.45, 2.75) is 31.0 Å². The summed E-state index contributed by atoms with van der Waals surface area (Å²) in [6, 6.07) is 3.23. The van der Waals surface area contributed by atoms with Gasteiger partial charge in [-0.25, -0.2) is 22.5 Å². The normalized spacial score (nSPS) is 12.0. The molecule has 2 N–H and O–H groups in total. The highest BCUT2D eigenvalue weighted by molar-refractivity contribution is 7.90. The van der Waals surface area contributed by atoms with Crippen LogP contribution in [0.3, 0.4) is 0 Å². The van der Waals surface area contributed by atoms with Gasteiger partial charge in [0, 0.05) is 6.54 Å². The van der Waals surface area contributed by atoms with Crippen molar-refractivity contribution in [2.75, 3.05) is 5.73 Å². The van der Waals surface area contributed by atoms with Gasteiger partial charge in [-0.3, -0.25) is 0 Å². The second-order valence-electron chi connectivity index (χ2n) is 5.19. The van der Waals surface area contributed by atoms with Gasteiger partial charge in [0.2, 0.25) is 0 Å². The van der Waals surface area contributed by atoms with Crippen LogP contribution in [0.15, 0.2) is 29.4 Å². The minimum Gasteiger partial charge on any atom is -0.398 e. The largest absolute Gasteiger partial charge is 0.398 e. The maximum Gasteiger partial charge on any atom is 0.187 e. The number of aromatic nitrogens is 3. The van der Waals surface area contributed by atoms with Crippen LogP contribution < -0.4 is 5.73 Å². The van der Waals surface area contributed by atoms with Crippen molar-refractivity contribution in [3.8, 4) is 0 Å². The van der Waals surface area contributed by atoms with E-state index in [1.54, 1.807) is 4.68 Å². The Morgan fingerprint density at radius 2 is 2.10 bits per heavy atom. The molecule has 2 rings (SSSR count). The van der Waals surface area contributed by atoms with Crippen LogP contribution >= 0.6 is 0 Å². The van der Waals surface area contributed by atoms with Crippen LogP contribution in [0.4, 0.5) is 10.1 Å². The zero-order valence-corrected chi connectivity index (χ0v) is 12.6. The molecule has 8 heteroatoms. The Hall–Kier alpha value is -1.96. The number of nitrogen functional groups attached to an aromatic ring is 1. The summed E-state index contributed by atoms with van der Waals surface area (Å²) in [7, 11) is -3.70. The predicted octanol–water partition coefficient (Wildman–Crippen LogP) is 1.63. The van der Waals surface area contributed by atoms with Crippen molar-refractivity contribution in [1.29, 1.82) is 0 Å². The van der Waals surface area contributed by atoms with Crippen LogP contribution in [0.5, 0.6) is 0 Å². The van der Waals surface area contributed by atoms with Gasteiger partial charge in [0.1, 0.15) is 23.7 Å². The van der Waals surface area contributed by atoms with E-state index < -0.39 is 15.7 Å². The number of rotatable bonds is 5. The zero-order valence-electron chi connectivity index (χ0n) is 11.8. The van der Waals surface area contributed by atoms with Crippen molar-refractivity contribution in [3.63, 3.8) is 0 Å². The number of sulfone groups is 1. The van der Waals surface area contributed by atoms with Crippen LogP contribution in [0.25, 0.3) is 0 Å². The van der Waals surface area contributed by atoms with Gasteiger partial charge in [-0.1, -0.05) is 13.8 Å². The first-order valence-electron chi connectivity index (χ1n) is 6.44. The summed E-state index contributed by atoms with van der Waals surface area (Å²) in [5.74, 6) is -0.249. The van der Waals surface area contributed by atoms with E-state index in [1.807, 2.05) is 13.8 Å². The van der Waals surface area contributed by atoms with Gasteiger partial charge in [-0.15, -0.1) is 0 Å². The first kappa shape index (κ1) is 15.4. The number of anilines is 1. The van der Waals surface area contributed by atoms with Gasteiger partial charge in [0.05, 0.1) is 10.6 Å². The average molecular weight is 312 g/mol. The Morgan fingerprint density at radius 1 is 1.38 bits per heavy atom. The Morgan fingerprint density at radius 3 is 2.71 bits per heavy atom. The molecule has 0 spiro atoms. The fraction of sp³-hybridized carbons (Fsp3) is 0.385. The number of hydrogen-bond donors (Lipinski definition) is 1. The number of halogens is 1. The lowest BCUT2D eigenvalue weighted by molar-refractivity contribution is 0.470. The van der Waals surface area contributed by atoms with E-state index in [-0.39, 0.29) is 16.3 Å². The molecule has 21 heavy (non-hydrogen) atoms. The number of nitrogens with zero attached hydrogens (tertiary/aromatic N) is 3. The maximum atomic E-state index is 13.0. The second-order valence-corrected chi connectivity index (χ2v) is 7.15. The van der Waals surface area contributed by atoms with Crippen LogP contribution in [0, 0.1) is 11.7 Å². The van der Waals surface area contributed by atoms with E-state index in [0.29, 0.717) is 18.3 Å². The van der Waals surface area contributed by atoms with E-state index in [0.717, 1.165) is 12.1 Å². The molecule has 0 saturated carbocycles. The fourth-order valence-electron chi connectivity index (χ4n) is 1.95. The summed E-state index contributed by atoms with van der Waals surface area (Å²) < 4.78 is 39.3. The standard InChI is InChI=1S/C13H17FN4O2S/c1-9(2)6-18-13(16-8-17-18)7-21(19,20)12-4-3-10(14)5-11(12)15/h3-5,8-9H,6-7,15H2,1-2H3. The summed E-state index contributed by atoms with van der Waals surface area (Å²) in [4.78, 5) is 3.89. The molecular formula is C13H17FN4O2S. The molecule has 114 valence electrons. The molecule has 0 fully saturated rings. The molecule has 0 aliphatic heterocycles. The van der Waals surface area contributed by atoms with Gasteiger partial charge in [-0.05, 0) is 24.1 Å². The lowest BCUT2D eigenvalue weighted by Gasteiger charge is -2.10. The summed E-state index contributed by atoms with van der Waals surface area (Å²) in [5, 5.41) is 4.02. The molecule has 1 aromatic heterocycles. The average Bonchev–Trinajstić information content (AvgIpc) is 2.74. The van der Waals surface area contributed by atoms with Crippen molar-refractivity contribution < 1.29 is 12.8 Å². The van der Waals surface area contributed by atoms with E-state index in [4.69, 9.17) is 5.73 Å². The summed E-state index contributed by atoms with van der Waals surface area (Å²) in [5.41, 5.74) is 5.49. The lowest BCUT2D eigenvalue weighted by atomic mass is 10.2. The Balaban J connectivity index is 2.32. The monoisotopic (exact) mass is 312 g/mol. The minimum atomic E-state index is -3.70. The molecule has 6 nitrogen and oxygen atoms in total. The van der Waals surface area contributed by atoms with E-state index in [2.05, 4.69) is 10.1 Å². The molecule has 0 amide bonds. The lowest BCUT2D eigenvalue weighted by Crippen LogP contribution is -2.15. The van der Waals surface area contributed by atoms with Gasteiger partial charge >= 0.3 is 0 Å². The smallest absolute Gasteiger partial charge is 0.187 e. The fourth-order valence-corrected chi connectivity index (χ4v) is 3.36. The van der Waals surface area contributed by atoms with Crippen LogP contribution in [0.1, 0.15) is 19.7 Å². The van der Waals surface area contributed by atoms with E-state index in [1.165, 1.54) is 12.4 Å². The Labute approximate surface area is 122 Å². The second kappa shape index (κ2) is 5.80. The summed E-state index contributed by atoms with van der Waals surface area (Å²) >= 11 is 0. The predicted molar refractivity (Wildman–Crippen MR) is 76.6 cm³/mol. The van der Waals surface area contributed by atoms with Crippen LogP contribution in [-0.2, 0) is 22.1 Å². The molecule has 0 radical (unpaired) electrons. The van der Waals surface area contributed by atoms with Gasteiger partial charge in [-0.2, -0.15) is 5.10 Å². The highest BCUT2D eigenvalue weighted by Gasteiger charge is 2.22. The van der Waals surface area contributed by atoms with Gasteiger partial charge < -0.3 is 5.73 Å². The molecule has 0 unspecified atom stereocenters. The Kier molecular flexibility index (Phi) is 4.26. The third-order valence-electron chi connectivity index (χ3n) is 2.86. The summed E-state index contributed by atoms with van der Waals surface area (Å²) in [6.07, 6.45) is 1.32. The first-order chi connectivity index (χ1) is 9.79. The molecular weight excluding hydrogens is 295 g/mol. The number of hydrogen-bond acceptors (Lipinski definition) is 5. The first-order valence-corrected chi connectivity index (χ1v) is 8.09. The zero-order chi connectivity index (χ0) is 15.6. The highest BCUT2D eigenvalue weighted by atomic mass is 32.2. The molecule has 0 aliphatic rings. The van der Waals surface area contributed by atoms with E-state index >= 15 is 0 Å². The number of nitrogens with two attached hydrogens (primary N) is 1. The van der Waals surface area contributed by atoms with Gasteiger partial charge in [0.15, 0.2) is 9.84 Å². The van der Waals surface area contributed by atoms with Crippen molar-refractivity contribution in [3.05, 3.63) is 36.2 Å². The van der Waals surface area contributed by atoms with Crippen LogP contribution in [0.2, 0.25) is 0 Å². The molecule has 0 aliphatic carbocycles. The Bertz CT molecular complexity index is 740. The third kappa shape index (κ3) is 3.57. The number of benzene rings is 1. The highest BCUT2D eigenvalue weighted by Crippen LogP contribution is 2.22.